The number of unbranched alkanes of at least 4 members (excludes halogenated alkanes) is 2. The van der Waals surface area contributed by atoms with Crippen molar-refractivity contribution in [3.8, 4) is 11.5 Å². The van der Waals surface area contributed by atoms with E-state index in [0.717, 1.165) is 33.9 Å². The van der Waals surface area contributed by atoms with Crippen LogP contribution < -0.4 is 14.8 Å². The van der Waals surface area contributed by atoms with Crippen LogP contribution in [-0.2, 0) is 16.0 Å². The highest BCUT2D eigenvalue weighted by atomic mass is 35.5. The van der Waals surface area contributed by atoms with Crippen molar-refractivity contribution >= 4 is 74.3 Å². The minimum atomic E-state index is -0.0909. The first-order chi connectivity index (χ1) is 18.5. The van der Waals surface area contributed by atoms with E-state index in [1.54, 1.807) is 11.1 Å². The first kappa shape index (κ1) is 26.7. The Morgan fingerprint density at radius 3 is 2.87 bits per heavy atom. The molecule has 1 fully saturated rings. The van der Waals surface area contributed by atoms with Crippen molar-refractivity contribution in [1.29, 1.82) is 0 Å². The summed E-state index contributed by atoms with van der Waals surface area (Å²) in [5.74, 6) is 1.21. The zero-order valence-electron chi connectivity index (χ0n) is 20.3. The number of thioether (sulfide) groups is 1. The zero-order chi connectivity index (χ0) is 26.5. The molecule has 7 nitrogen and oxygen atoms in total. The number of carbonyl (C=O) groups is 2. The molecule has 11 heteroatoms. The van der Waals surface area contributed by atoms with Gasteiger partial charge in [0.25, 0.3) is 5.91 Å². The summed E-state index contributed by atoms with van der Waals surface area (Å²) < 4.78 is 11.3. The lowest BCUT2D eigenvalue weighted by Gasteiger charge is -2.14. The smallest absolute Gasteiger partial charge is 0.266 e. The SMILES string of the molecule is O=C(CCCCCN1C(=O)C(=Cc2ccc3c(c2)OCO3)SC1=S)Nc1ncc(Cc2ccccc2Cl)s1. The number of ether oxygens (including phenoxy) is 2. The molecule has 2 aromatic carbocycles. The Morgan fingerprint density at radius 1 is 1.16 bits per heavy atom. The number of anilines is 1. The standard InChI is InChI=1S/C27H24ClN3O4S3/c28-20-7-4-3-6-18(20)14-19-15-29-26(37-19)30-24(32)8-2-1-5-11-31-25(33)23(38-27(31)36)13-17-9-10-21-22(12-17)35-16-34-21/h3-4,6-7,9-10,12-13,15H,1-2,5,8,11,14,16H2,(H,29,30,32). The van der Waals surface area contributed by atoms with Gasteiger partial charge < -0.3 is 14.8 Å². The fraction of sp³-hybridized carbons (Fsp3) is 0.259. The zero-order valence-corrected chi connectivity index (χ0v) is 23.5. The van der Waals surface area contributed by atoms with E-state index in [4.69, 9.17) is 33.3 Å². The maximum atomic E-state index is 12.9. The van der Waals surface area contributed by atoms with Gasteiger partial charge in [0, 0.05) is 35.5 Å². The number of nitrogens with zero attached hydrogens (tertiary/aromatic N) is 2. The number of hydrogen-bond acceptors (Lipinski definition) is 8. The number of thiazole rings is 1. The second-order valence-electron chi connectivity index (χ2n) is 8.70. The van der Waals surface area contributed by atoms with Gasteiger partial charge in [-0.1, -0.05) is 66.3 Å². The Labute approximate surface area is 239 Å². The van der Waals surface area contributed by atoms with Crippen molar-refractivity contribution in [1.82, 2.24) is 9.88 Å². The van der Waals surface area contributed by atoms with Gasteiger partial charge in [0.2, 0.25) is 12.7 Å². The Morgan fingerprint density at radius 2 is 2.00 bits per heavy atom. The largest absolute Gasteiger partial charge is 0.454 e. The maximum Gasteiger partial charge on any atom is 0.266 e. The summed E-state index contributed by atoms with van der Waals surface area (Å²) in [6.07, 6.45) is 6.94. The highest BCUT2D eigenvalue weighted by Crippen LogP contribution is 2.36. The van der Waals surface area contributed by atoms with E-state index >= 15 is 0 Å². The first-order valence-corrected chi connectivity index (χ1v) is 14.5. The average Bonchev–Trinajstić information content (AvgIpc) is 3.61. The molecule has 2 aliphatic rings. The molecule has 0 radical (unpaired) electrons. The lowest BCUT2D eigenvalue weighted by atomic mass is 10.1. The number of carbonyl (C=O) groups excluding carboxylic acids is 2. The second kappa shape index (κ2) is 12.3. The van der Waals surface area contributed by atoms with Gasteiger partial charge in [-0.05, 0) is 48.2 Å². The molecule has 0 atom stereocenters. The molecule has 38 heavy (non-hydrogen) atoms. The van der Waals surface area contributed by atoms with Gasteiger partial charge in [-0.25, -0.2) is 4.98 Å². The number of nitrogens with one attached hydrogen (secondary N) is 1. The van der Waals surface area contributed by atoms with Crippen LogP contribution >= 0.6 is 46.9 Å². The number of rotatable bonds is 10. The number of benzene rings is 2. The summed E-state index contributed by atoms with van der Waals surface area (Å²) in [5, 5.41) is 4.18. The molecule has 196 valence electrons. The van der Waals surface area contributed by atoms with Crippen LogP contribution in [0.3, 0.4) is 0 Å². The Kier molecular flexibility index (Phi) is 8.63. The van der Waals surface area contributed by atoms with Gasteiger partial charge in [-0.15, -0.1) is 11.3 Å². The number of aromatic nitrogens is 1. The molecular formula is C27H24ClN3O4S3. The monoisotopic (exact) mass is 585 g/mol. The van der Waals surface area contributed by atoms with Crippen molar-refractivity contribution < 1.29 is 19.1 Å². The Hall–Kier alpha value is -2.92. The molecule has 0 unspecified atom stereocenters. The molecule has 1 saturated heterocycles. The predicted molar refractivity (Wildman–Crippen MR) is 156 cm³/mol. The average molecular weight is 586 g/mol. The molecule has 1 N–H and O–H groups in total. The summed E-state index contributed by atoms with van der Waals surface area (Å²) in [4.78, 5) is 32.8. The van der Waals surface area contributed by atoms with Crippen LogP contribution in [0.4, 0.5) is 5.13 Å². The lowest BCUT2D eigenvalue weighted by molar-refractivity contribution is -0.122. The van der Waals surface area contributed by atoms with Crippen LogP contribution in [0.5, 0.6) is 11.5 Å². The molecule has 3 aromatic rings. The lowest BCUT2D eigenvalue weighted by Crippen LogP contribution is -2.29. The number of thiocarbonyl (C=S) groups is 1. The minimum Gasteiger partial charge on any atom is -0.454 e. The van der Waals surface area contributed by atoms with Gasteiger partial charge in [-0.3, -0.25) is 14.5 Å². The predicted octanol–water partition coefficient (Wildman–Crippen LogP) is 6.52. The third kappa shape index (κ3) is 6.55. The Bertz CT molecular complexity index is 1410. The third-order valence-corrected chi connectivity index (χ3v) is 8.64. The van der Waals surface area contributed by atoms with Gasteiger partial charge in [0.05, 0.1) is 4.91 Å². The second-order valence-corrected chi connectivity index (χ2v) is 11.9. The molecule has 5 rings (SSSR count). The van der Waals surface area contributed by atoms with Gasteiger partial charge in [0.1, 0.15) is 4.32 Å². The van der Waals surface area contributed by atoms with E-state index < -0.39 is 0 Å². The quantitative estimate of drug-likeness (QED) is 0.165. The topological polar surface area (TPSA) is 80.8 Å². The van der Waals surface area contributed by atoms with Crippen LogP contribution in [-0.4, -0.2) is 39.4 Å². The summed E-state index contributed by atoms with van der Waals surface area (Å²) >= 11 is 14.4. The Balaban J connectivity index is 1.03. The van der Waals surface area contributed by atoms with E-state index in [-0.39, 0.29) is 18.6 Å². The molecule has 2 aliphatic heterocycles. The number of halogens is 1. The van der Waals surface area contributed by atoms with Crippen molar-refractivity contribution in [2.24, 2.45) is 0 Å². The van der Waals surface area contributed by atoms with Crippen molar-refractivity contribution in [2.45, 2.75) is 32.1 Å². The molecule has 0 aliphatic carbocycles. The highest BCUT2D eigenvalue weighted by Gasteiger charge is 2.31. The third-order valence-electron chi connectivity index (χ3n) is 5.98. The number of hydrogen-bond donors (Lipinski definition) is 1. The maximum absolute atomic E-state index is 12.9. The normalized spacial score (nSPS) is 15.5. The van der Waals surface area contributed by atoms with Crippen LogP contribution in [0.25, 0.3) is 6.08 Å². The van der Waals surface area contributed by atoms with E-state index in [2.05, 4.69) is 10.3 Å². The molecular weight excluding hydrogens is 562 g/mol. The summed E-state index contributed by atoms with van der Waals surface area (Å²) in [5.41, 5.74) is 1.89. The minimum absolute atomic E-state index is 0.0686. The van der Waals surface area contributed by atoms with Crippen molar-refractivity contribution in [3.63, 3.8) is 0 Å². The van der Waals surface area contributed by atoms with E-state index in [1.807, 2.05) is 48.5 Å². The van der Waals surface area contributed by atoms with Gasteiger partial charge in [0.15, 0.2) is 16.6 Å². The van der Waals surface area contributed by atoms with Gasteiger partial charge in [-0.2, -0.15) is 0 Å². The summed E-state index contributed by atoms with van der Waals surface area (Å²) in [6.45, 7) is 0.738. The number of amides is 2. The van der Waals surface area contributed by atoms with Crippen LogP contribution in [0.1, 0.15) is 41.7 Å². The molecule has 1 aromatic heterocycles. The van der Waals surface area contributed by atoms with Crippen LogP contribution in [0, 0.1) is 0 Å². The van der Waals surface area contributed by atoms with Crippen molar-refractivity contribution in [3.05, 3.63) is 74.6 Å². The molecule has 0 bridgehead atoms. The van der Waals surface area contributed by atoms with Crippen LogP contribution in [0.15, 0.2) is 53.6 Å². The molecule has 0 spiro atoms. The highest BCUT2D eigenvalue weighted by molar-refractivity contribution is 8.26. The molecule has 3 heterocycles. The number of fused-ring (bicyclic) bond motifs is 1. The fourth-order valence-corrected chi connectivity index (χ4v) is 6.40. The van der Waals surface area contributed by atoms with Gasteiger partial charge >= 0.3 is 0 Å². The van der Waals surface area contributed by atoms with E-state index in [1.165, 1.54) is 23.1 Å². The summed E-state index contributed by atoms with van der Waals surface area (Å²) in [7, 11) is 0. The van der Waals surface area contributed by atoms with Crippen molar-refractivity contribution in [2.75, 3.05) is 18.7 Å². The van der Waals surface area contributed by atoms with E-state index in [9.17, 15) is 9.59 Å². The van der Waals surface area contributed by atoms with E-state index in [0.29, 0.717) is 51.7 Å². The van der Waals surface area contributed by atoms with Crippen LogP contribution in [0.2, 0.25) is 5.02 Å². The fourth-order valence-electron chi connectivity index (χ4n) is 4.04. The molecule has 0 saturated carbocycles. The summed E-state index contributed by atoms with van der Waals surface area (Å²) in [6, 6.07) is 13.3. The molecule has 2 amide bonds. The first-order valence-electron chi connectivity index (χ1n) is 12.1.